The molecule has 33 heavy (non-hydrogen) atoms. The van der Waals surface area contributed by atoms with Gasteiger partial charge in [0.1, 0.15) is 6.61 Å². The smallest absolute Gasteiger partial charge is 0.334 e. The maximum Gasteiger partial charge on any atom is 0.334 e. The fourth-order valence-electron chi connectivity index (χ4n) is 3.94. The van der Waals surface area contributed by atoms with Crippen molar-refractivity contribution in [3.05, 3.63) is 58.5 Å². The Kier molecular flexibility index (Phi) is 9.64. The number of carbonyl (C=O) groups is 2. The van der Waals surface area contributed by atoms with Crippen molar-refractivity contribution < 1.29 is 28.4 Å². The van der Waals surface area contributed by atoms with E-state index in [4.69, 9.17) is 18.8 Å². The van der Waals surface area contributed by atoms with Crippen LogP contribution in [0.5, 0.6) is 0 Å². The first-order chi connectivity index (χ1) is 15.7. The molecule has 0 aliphatic rings. The zero-order valence-electron chi connectivity index (χ0n) is 20.8. The van der Waals surface area contributed by atoms with E-state index < -0.39 is 11.5 Å². The van der Waals surface area contributed by atoms with Crippen molar-refractivity contribution in [2.24, 2.45) is 0 Å². The third kappa shape index (κ3) is 6.66. The molecule has 0 saturated heterocycles. The number of furan rings is 1. The molecule has 8 heteroatoms. The monoisotopic (exact) mass is 460 g/mol. The van der Waals surface area contributed by atoms with Gasteiger partial charge in [-0.25, -0.2) is 9.86 Å². The van der Waals surface area contributed by atoms with Crippen LogP contribution < -0.4 is 0 Å². The van der Waals surface area contributed by atoms with Crippen molar-refractivity contribution in [2.45, 2.75) is 59.6 Å². The fraction of sp³-hybridized carbons (Fsp3) is 0.520. The lowest BCUT2D eigenvalue weighted by molar-refractivity contribution is -0.236. The van der Waals surface area contributed by atoms with Crippen LogP contribution in [0.15, 0.2) is 35.1 Å². The van der Waals surface area contributed by atoms with Gasteiger partial charge in [0.2, 0.25) is 0 Å². The van der Waals surface area contributed by atoms with Gasteiger partial charge in [0.25, 0.3) is 5.91 Å². The van der Waals surface area contributed by atoms with E-state index in [9.17, 15) is 9.59 Å². The minimum absolute atomic E-state index is 0.0719. The lowest BCUT2D eigenvalue weighted by Gasteiger charge is -2.38. The fourth-order valence-corrected chi connectivity index (χ4v) is 3.94. The number of carbonyl (C=O) groups excluding carboxylic acids is 2. The first-order valence-electron chi connectivity index (χ1n) is 11.1. The van der Waals surface area contributed by atoms with E-state index in [1.165, 1.54) is 24.7 Å². The zero-order chi connectivity index (χ0) is 24.6. The lowest BCUT2D eigenvalue weighted by atomic mass is 9.94. The molecule has 0 fully saturated rings. The number of esters is 1. The highest BCUT2D eigenvalue weighted by Gasteiger charge is 2.45. The van der Waals surface area contributed by atoms with Crippen molar-refractivity contribution in [1.29, 1.82) is 0 Å². The highest BCUT2D eigenvalue weighted by Crippen LogP contribution is 2.27. The Morgan fingerprint density at radius 2 is 1.79 bits per heavy atom. The third-order valence-corrected chi connectivity index (χ3v) is 5.87. The standard InChI is InChI=1S/C25H36N2O6/c1-8-26(31-7)11-10-25(5,24(29)30-6)27(33-17-21-9-12-32-16-21)23(28)15-22-19(3)13-18(2)14-20(22)4/h9,12-14,16H,8,10-11,15,17H2,1-7H3. The molecular weight excluding hydrogens is 424 g/mol. The van der Waals surface area contributed by atoms with Crippen LogP contribution in [-0.4, -0.2) is 54.9 Å². The van der Waals surface area contributed by atoms with Gasteiger partial charge < -0.3 is 14.0 Å². The number of hydroxylamine groups is 4. The van der Waals surface area contributed by atoms with Crippen molar-refractivity contribution in [3.63, 3.8) is 0 Å². The summed E-state index contributed by atoms with van der Waals surface area (Å²) in [6.07, 6.45) is 3.42. The molecule has 1 aromatic heterocycles. The largest absolute Gasteiger partial charge is 0.472 e. The molecule has 2 aromatic rings. The third-order valence-electron chi connectivity index (χ3n) is 5.87. The van der Waals surface area contributed by atoms with Gasteiger partial charge in [-0.1, -0.05) is 24.6 Å². The normalized spacial score (nSPS) is 13.1. The quantitative estimate of drug-likeness (QED) is 0.351. The van der Waals surface area contributed by atoms with Gasteiger partial charge in [0.15, 0.2) is 5.54 Å². The number of hydrogen-bond donors (Lipinski definition) is 0. The highest BCUT2D eigenvalue weighted by molar-refractivity contribution is 5.88. The summed E-state index contributed by atoms with van der Waals surface area (Å²) in [6, 6.07) is 5.84. The second kappa shape index (κ2) is 12.0. The number of benzene rings is 1. The number of rotatable bonds is 12. The average molecular weight is 461 g/mol. The van der Waals surface area contributed by atoms with Gasteiger partial charge in [-0.05, 0) is 56.9 Å². The number of hydrogen-bond acceptors (Lipinski definition) is 7. The van der Waals surface area contributed by atoms with Crippen LogP contribution >= 0.6 is 0 Å². The average Bonchev–Trinajstić information content (AvgIpc) is 3.30. The maximum absolute atomic E-state index is 13.6. The molecule has 1 unspecified atom stereocenters. The van der Waals surface area contributed by atoms with E-state index >= 15 is 0 Å². The summed E-state index contributed by atoms with van der Waals surface area (Å²) in [5.74, 6) is -0.894. The van der Waals surface area contributed by atoms with Crippen LogP contribution in [0, 0.1) is 20.8 Å². The first kappa shape index (κ1) is 26.6. The molecule has 1 amide bonds. The van der Waals surface area contributed by atoms with Crippen molar-refractivity contribution >= 4 is 11.9 Å². The van der Waals surface area contributed by atoms with Gasteiger partial charge in [-0.15, -0.1) is 0 Å². The van der Waals surface area contributed by atoms with E-state index in [1.54, 1.807) is 25.2 Å². The summed E-state index contributed by atoms with van der Waals surface area (Å²) in [5, 5.41) is 2.88. The number of ether oxygens (including phenoxy) is 1. The molecule has 0 aliphatic carbocycles. The van der Waals surface area contributed by atoms with E-state index in [0.29, 0.717) is 13.1 Å². The molecule has 2 rings (SSSR count). The summed E-state index contributed by atoms with van der Waals surface area (Å²) in [7, 11) is 2.88. The molecule has 8 nitrogen and oxygen atoms in total. The molecule has 0 saturated carbocycles. The molecule has 0 N–H and O–H groups in total. The molecule has 0 aliphatic heterocycles. The molecule has 182 valence electrons. The second-order valence-electron chi connectivity index (χ2n) is 8.37. The van der Waals surface area contributed by atoms with Gasteiger partial charge in [0, 0.05) is 18.7 Å². The van der Waals surface area contributed by atoms with E-state index in [1.807, 2.05) is 39.8 Å². The molecular formula is C25H36N2O6. The van der Waals surface area contributed by atoms with Crippen molar-refractivity contribution in [1.82, 2.24) is 10.1 Å². The minimum Gasteiger partial charge on any atom is -0.472 e. The lowest BCUT2D eigenvalue weighted by Crippen LogP contribution is -2.57. The van der Waals surface area contributed by atoms with Gasteiger partial charge in [-0.3, -0.25) is 9.63 Å². The van der Waals surface area contributed by atoms with E-state index in [2.05, 4.69) is 0 Å². The van der Waals surface area contributed by atoms with E-state index in [0.717, 1.165) is 27.8 Å². The van der Waals surface area contributed by atoms with Gasteiger partial charge in [0.05, 0.1) is 33.2 Å². The first-order valence-corrected chi connectivity index (χ1v) is 11.1. The molecule has 1 atom stereocenters. The van der Waals surface area contributed by atoms with Crippen molar-refractivity contribution in [2.75, 3.05) is 27.3 Å². The topological polar surface area (TPSA) is 81.5 Å². The Hall–Kier alpha value is -2.68. The predicted molar refractivity (Wildman–Crippen MR) is 124 cm³/mol. The Bertz CT molecular complexity index is 900. The molecule has 1 heterocycles. The van der Waals surface area contributed by atoms with Crippen LogP contribution in [-0.2, 0) is 37.0 Å². The molecule has 0 radical (unpaired) electrons. The molecule has 0 bridgehead atoms. The van der Waals surface area contributed by atoms with Gasteiger partial charge >= 0.3 is 5.97 Å². The van der Waals surface area contributed by atoms with Crippen LogP contribution in [0.25, 0.3) is 0 Å². The van der Waals surface area contributed by atoms with Crippen molar-refractivity contribution in [3.8, 4) is 0 Å². The SMILES string of the molecule is CCN(CCC(C)(C(=O)OC)N(OCc1ccoc1)C(=O)Cc1c(C)cc(C)cc1C)OC. The Morgan fingerprint density at radius 1 is 1.12 bits per heavy atom. The Labute approximate surface area is 196 Å². The number of amides is 1. The van der Waals surface area contributed by atoms with Gasteiger partial charge in [-0.2, -0.15) is 5.06 Å². The summed E-state index contributed by atoms with van der Waals surface area (Å²) >= 11 is 0. The summed E-state index contributed by atoms with van der Waals surface area (Å²) < 4.78 is 10.2. The summed E-state index contributed by atoms with van der Waals surface area (Å²) in [5.41, 5.74) is 3.47. The van der Waals surface area contributed by atoms with Crippen LogP contribution in [0.1, 0.15) is 48.1 Å². The maximum atomic E-state index is 13.6. The summed E-state index contributed by atoms with van der Waals surface area (Å²) in [6.45, 7) is 10.7. The number of aryl methyl sites for hydroxylation is 3. The van der Waals surface area contributed by atoms with Crippen LogP contribution in [0.2, 0.25) is 0 Å². The number of methoxy groups -OCH3 is 1. The minimum atomic E-state index is -1.37. The Morgan fingerprint density at radius 3 is 2.30 bits per heavy atom. The van der Waals surface area contributed by atoms with E-state index in [-0.39, 0.29) is 25.4 Å². The predicted octanol–water partition coefficient (Wildman–Crippen LogP) is 3.91. The summed E-state index contributed by atoms with van der Waals surface area (Å²) in [4.78, 5) is 37.9. The zero-order valence-corrected chi connectivity index (χ0v) is 20.8. The second-order valence-corrected chi connectivity index (χ2v) is 8.37. The molecule has 1 aromatic carbocycles. The Balaban J connectivity index is 2.40. The number of nitrogens with zero attached hydrogens (tertiary/aromatic N) is 2. The van der Waals surface area contributed by atoms with Crippen LogP contribution in [0.3, 0.4) is 0 Å². The van der Waals surface area contributed by atoms with Crippen LogP contribution in [0.4, 0.5) is 0 Å². The molecule has 0 spiro atoms. The highest BCUT2D eigenvalue weighted by atomic mass is 16.7.